The van der Waals surface area contributed by atoms with E-state index in [4.69, 9.17) is 5.73 Å². The molecule has 6 heteroatoms. The van der Waals surface area contributed by atoms with Crippen LogP contribution < -0.4 is 5.73 Å². The zero-order valence-electron chi connectivity index (χ0n) is 11.8. The minimum Gasteiger partial charge on any atom is -0.366 e. The first-order valence-electron chi connectivity index (χ1n) is 6.71. The quantitative estimate of drug-likeness (QED) is 0.674. The van der Waals surface area contributed by atoms with Gasteiger partial charge < -0.3 is 5.73 Å². The minimum atomic E-state index is -0.479. The number of rotatable bonds is 3. The SMILES string of the molecule is CC(c1ccccc1F)n1nc(I)c2cc(C(N)=O)ccc21. The van der Waals surface area contributed by atoms with E-state index in [0.29, 0.717) is 11.1 Å². The van der Waals surface area contributed by atoms with Crippen LogP contribution in [0.5, 0.6) is 0 Å². The van der Waals surface area contributed by atoms with E-state index in [1.807, 2.05) is 6.92 Å². The van der Waals surface area contributed by atoms with Crippen LogP contribution >= 0.6 is 22.6 Å². The maximum atomic E-state index is 14.0. The third-order valence-electron chi connectivity index (χ3n) is 3.67. The molecule has 0 aliphatic heterocycles. The van der Waals surface area contributed by atoms with Crippen molar-refractivity contribution >= 4 is 39.4 Å². The summed E-state index contributed by atoms with van der Waals surface area (Å²) in [5.74, 6) is -0.741. The standard InChI is InChI=1S/C16H13FIN3O/c1-9(11-4-2-3-5-13(11)17)21-14-7-6-10(16(19)22)8-12(14)15(18)20-21/h2-9H,1H3,(H2,19,22). The molecule has 2 N–H and O–H groups in total. The fourth-order valence-electron chi connectivity index (χ4n) is 2.50. The monoisotopic (exact) mass is 409 g/mol. The number of hydrogen-bond donors (Lipinski definition) is 1. The van der Waals surface area contributed by atoms with Crippen molar-refractivity contribution in [2.24, 2.45) is 5.73 Å². The lowest BCUT2D eigenvalue weighted by molar-refractivity contribution is 0.100. The zero-order chi connectivity index (χ0) is 15.9. The second-order valence-electron chi connectivity index (χ2n) is 5.03. The number of benzene rings is 2. The zero-order valence-corrected chi connectivity index (χ0v) is 13.9. The lowest BCUT2D eigenvalue weighted by Gasteiger charge is -2.14. The molecule has 0 radical (unpaired) electrons. The molecule has 1 amide bonds. The van der Waals surface area contributed by atoms with Gasteiger partial charge in [0.05, 0.1) is 11.6 Å². The van der Waals surface area contributed by atoms with Crippen LogP contribution in [-0.2, 0) is 0 Å². The predicted octanol–water partition coefficient (Wildman–Crippen LogP) is 3.49. The highest BCUT2D eigenvalue weighted by atomic mass is 127. The van der Waals surface area contributed by atoms with Crippen molar-refractivity contribution in [3.8, 4) is 0 Å². The number of nitrogens with zero attached hydrogens (tertiary/aromatic N) is 2. The fourth-order valence-corrected chi connectivity index (χ4v) is 3.16. The van der Waals surface area contributed by atoms with Gasteiger partial charge in [0, 0.05) is 16.5 Å². The normalized spacial score (nSPS) is 12.5. The van der Waals surface area contributed by atoms with Crippen LogP contribution in [0.3, 0.4) is 0 Å². The second kappa shape index (κ2) is 5.68. The van der Waals surface area contributed by atoms with Gasteiger partial charge in [-0.25, -0.2) is 4.39 Å². The smallest absolute Gasteiger partial charge is 0.248 e. The molecule has 0 bridgehead atoms. The molecule has 1 atom stereocenters. The number of aromatic nitrogens is 2. The molecule has 0 aliphatic carbocycles. The number of carbonyl (C=O) groups is 1. The Morgan fingerprint density at radius 2 is 2.05 bits per heavy atom. The van der Waals surface area contributed by atoms with Crippen molar-refractivity contribution in [3.63, 3.8) is 0 Å². The molecular formula is C16H13FIN3O. The third-order valence-corrected chi connectivity index (χ3v) is 4.46. The molecule has 0 saturated heterocycles. The molecule has 22 heavy (non-hydrogen) atoms. The van der Waals surface area contributed by atoms with Crippen molar-refractivity contribution < 1.29 is 9.18 Å². The van der Waals surface area contributed by atoms with Crippen molar-refractivity contribution in [2.45, 2.75) is 13.0 Å². The summed E-state index contributed by atoms with van der Waals surface area (Å²) in [5.41, 5.74) is 7.16. The Morgan fingerprint density at radius 3 is 2.73 bits per heavy atom. The Bertz CT molecular complexity index is 875. The summed E-state index contributed by atoms with van der Waals surface area (Å²) in [5, 5.41) is 5.33. The second-order valence-corrected chi connectivity index (χ2v) is 6.05. The summed E-state index contributed by atoms with van der Waals surface area (Å²) in [4.78, 5) is 11.3. The lowest BCUT2D eigenvalue weighted by Crippen LogP contribution is -2.11. The van der Waals surface area contributed by atoms with E-state index in [1.165, 1.54) is 6.07 Å². The molecule has 0 fully saturated rings. The summed E-state index contributed by atoms with van der Waals surface area (Å²) < 4.78 is 16.5. The average molecular weight is 409 g/mol. The van der Waals surface area contributed by atoms with Crippen LogP contribution in [0.15, 0.2) is 42.5 Å². The van der Waals surface area contributed by atoms with Gasteiger partial charge in [-0.1, -0.05) is 18.2 Å². The van der Waals surface area contributed by atoms with Crippen LogP contribution in [0, 0.1) is 9.52 Å². The first-order valence-corrected chi connectivity index (χ1v) is 7.79. The summed E-state index contributed by atoms with van der Waals surface area (Å²) >= 11 is 2.10. The Hall–Kier alpha value is -1.96. The fraction of sp³-hybridized carbons (Fsp3) is 0.125. The molecule has 0 saturated carbocycles. The third kappa shape index (κ3) is 2.47. The van der Waals surface area contributed by atoms with Gasteiger partial charge in [-0.2, -0.15) is 5.10 Å². The molecule has 3 aromatic rings. The minimum absolute atomic E-state index is 0.258. The predicted molar refractivity (Wildman–Crippen MR) is 91.2 cm³/mol. The van der Waals surface area contributed by atoms with Crippen LogP contribution in [0.25, 0.3) is 10.9 Å². The van der Waals surface area contributed by atoms with E-state index >= 15 is 0 Å². The Morgan fingerprint density at radius 1 is 1.32 bits per heavy atom. The van der Waals surface area contributed by atoms with E-state index in [9.17, 15) is 9.18 Å². The van der Waals surface area contributed by atoms with Crippen molar-refractivity contribution in [1.82, 2.24) is 9.78 Å². The molecule has 0 spiro atoms. The van der Waals surface area contributed by atoms with Crippen molar-refractivity contribution in [3.05, 3.63) is 63.1 Å². The largest absolute Gasteiger partial charge is 0.366 e. The maximum Gasteiger partial charge on any atom is 0.248 e. The first kappa shape index (κ1) is 15.0. The molecule has 0 aliphatic rings. The molecular weight excluding hydrogens is 396 g/mol. The number of hydrogen-bond acceptors (Lipinski definition) is 2. The molecule has 4 nitrogen and oxygen atoms in total. The Kier molecular flexibility index (Phi) is 3.86. The number of primary amides is 1. The van der Waals surface area contributed by atoms with E-state index in [0.717, 1.165) is 14.6 Å². The van der Waals surface area contributed by atoms with Gasteiger partial charge in [0.1, 0.15) is 9.52 Å². The van der Waals surface area contributed by atoms with Gasteiger partial charge in [0.25, 0.3) is 0 Å². The van der Waals surface area contributed by atoms with E-state index in [1.54, 1.807) is 41.1 Å². The highest BCUT2D eigenvalue weighted by Crippen LogP contribution is 2.28. The molecule has 1 aromatic heterocycles. The van der Waals surface area contributed by atoms with Gasteiger partial charge in [0.15, 0.2) is 0 Å². The van der Waals surface area contributed by atoms with Gasteiger partial charge in [-0.3, -0.25) is 9.48 Å². The van der Waals surface area contributed by atoms with Crippen molar-refractivity contribution in [1.29, 1.82) is 0 Å². The summed E-state index contributed by atoms with van der Waals surface area (Å²) in [6.07, 6.45) is 0. The molecule has 112 valence electrons. The number of carbonyl (C=O) groups excluding carboxylic acids is 1. The number of halogens is 2. The summed E-state index contributed by atoms with van der Waals surface area (Å²) in [6, 6.07) is 11.6. The first-order chi connectivity index (χ1) is 10.5. The van der Waals surface area contributed by atoms with E-state index in [-0.39, 0.29) is 11.9 Å². The summed E-state index contributed by atoms with van der Waals surface area (Å²) in [7, 11) is 0. The topological polar surface area (TPSA) is 60.9 Å². The van der Waals surface area contributed by atoms with Crippen LogP contribution in [-0.4, -0.2) is 15.7 Å². The highest BCUT2D eigenvalue weighted by molar-refractivity contribution is 14.1. The maximum absolute atomic E-state index is 14.0. The van der Waals surface area contributed by atoms with Crippen LogP contribution in [0.4, 0.5) is 4.39 Å². The Balaban J connectivity index is 2.16. The van der Waals surface area contributed by atoms with Gasteiger partial charge >= 0.3 is 0 Å². The number of nitrogens with two attached hydrogens (primary N) is 1. The van der Waals surface area contributed by atoms with Crippen molar-refractivity contribution in [2.75, 3.05) is 0 Å². The summed E-state index contributed by atoms with van der Waals surface area (Å²) in [6.45, 7) is 1.89. The van der Waals surface area contributed by atoms with Crippen LogP contribution in [0.1, 0.15) is 28.9 Å². The molecule has 2 aromatic carbocycles. The van der Waals surface area contributed by atoms with Gasteiger partial charge in [-0.15, -0.1) is 0 Å². The van der Waals surface area contributed by atoms with Gasteiger partial charge in [0.2, 0.25) is 5.91 Å². The number of amides is 1. The number of fused-ring (bicyclic) bond motifs is 1. The Labute approximate surface area is 140 Å². The molecule has 1 heterocycles. The van der Waals surface area contributed by atoms with Gasteiger partial charge in [-0.05, 0) is 53.8 Å². The van der Waals surface area contributed by atoms with E-state index in [2.05, 4.69) is 27.7 Å². The lowest BCUT2D eigenvalue weighted by atomic mass is 10.1. The average Bonchev–Trinajstić information content (AvgIpc) is 2.84. The highest BCUT2D eigenvalue weighted by Gasteiger charge is 2.18. The molecule has 3 rings (SSSR count). The molecule has 1 unspecified atom stereocenters. The van der Waals surface area contributed by atoms with E-state index < -0.39 is 5.91 Å². The van der Waals surface area contributed by atoms with Crippen LogP contribution in [0.2, 0.25) is 0 Å².